The zero-order chi connectivity index (χ0) is 19.8. The summed E-state index contributed by atoms with van der Waals surface area (Å²) in [6.07, 6.45) is 5.58. The third kappa shape index (κ3) is 3.31. The maximum Gasteiger partial charge on any atom is 0.326 e. The number of likely N-dealkylation sites (tertiary alicyclic amines) is 1. The van der Waals surface area contributed by atoms with Crippen LogP contribution in [-0.2, 0) is 11.2 Å². The highest BCUT2D eigenvalue weighted by molar-refractivity contribution is 5.85. The summed E-state index contributed by atoms with van der Waals surface area (Å²) in [6.45, 7) is 1.35. The van der Waals surface area contributed by atoms with Crippen LogP contribution < -0.4 is 5.69 Å². The molecule has 1 saturated heterocycles. The number of rotatable bonds is 3. The number of fused-ring (bicyclic) bond motifs is 2. The number of amides is 1. The minimum Gasteiger partial charge on any atom is -0.342 e. The molecule has 3 heterocycles. The molecule has 2 aromatic carbocycles. The lowest BCUT2D eigenvalue weighted by Crippen LogP contribution is -2.41. The lowest BCUT2D eigenvalue weighted by Gasteiger charge is -2.32. The highest BCUT2D eigenvalue weighted by Crippen LogP contribution is 2.25. The summed E-state index contributed by atoms with van der Waals surface area (Å²) in [6, 6.07) is 15.9. The molecule has 6 nitrogen and oxygen atoms in total. The van der Waals surface area contributed by atoms with Gasteiger partial charge in [0.05, 0.1) is 17.5 Å². The Morgan fingerprint density at radius 3 is 2.76 bits per heavy atom. The second-order valence-corrected chi connectivity index (χ2v) is 7.66. The molecule has 0 bridgehead atoms. The SMILES string of the molecule is O=C(Cc1ccc2cnccc2c1)N1CCC(n2c(=O)[nH]c3ccccc32)CC1. The van der Waals surface area contributed by atoms with Gasteiger partial charge in [0, 0.05) is 36.9 Å². The monoisotopic (exact) mass is 386 g/mol. The molecule has 0 radical (unpaired) electrons. The van der Waals surface area contributed by atoms with Crippen molar-refractivity contribution in [1.29, 1.82) is 0 Å². The van der Waals surface area contributed by atoms with E-state index in [2.05, 4.69) is 16.0 Å². The van der Waals surface area contributed by atoms with E-state index in [0.717, 1.165) is 40.2 Å². The molecule has 1 aliphatic rings. The van der Waals surface area contributed by atoms with E-state index in [1.54, 1.807) is 6.20 Å². The van der Waals surface area contributed by atoms with Crippen molar-refractivity contribution in [3.05, 3.63) is 77.0 Å². The van der Waals surface area contributed by atoms with Gasteiger partial charge in [-0.05, 0) is 42.0 Å². The van der Waals surface area contributed by atoms with Gasteiger partial charge < -0.3 is 9.88 Å². The Balaban J connectivity index is 1.28. The van der Waals surface area contributed by atoms with Crippen LogP contribution in [0.15, 0.2) is 65.7 Å². The molecule has 29 heavy (non-hydrogen) atoms. The molecule has 4 aromatic rings. The van der Waals surface area contributed by atoms with Crippen molar-refractivity contribution < 1.29 is 4.79 Å². The first kappa shape index (κ1) is 17.7. The molecule has 5 rings (SSSR count). The fourth-order valence-electron chi connectivity index (χ4n) is 4.34. The zero-order valence-corrected chi connectivity index (χ0v) is 16.0. The number of para-hydroxylation sites is 2. The molecule has 1 fully saturated rings. The number of imidazole rings is 1. The summed E-state index contributed by atoms with van der Waals surface area (Å²) in [5.41, 5.74) is 2.75. The van der Waals surface area contributed by atoms with Gasteiger partial charge in [0.25, 0.3) is 0 Å². The minimum absolute atomic E-state index is 0.0679. The number of H-pyrrole nitrogens is 1. The Kier molecular flexibility index (Phi) is 4.39. The Labute approximate surface area is 167 Å². The van der Waals surface area contributed by atoms with Crippen molar-refractivity contribution in [3.8, 4) is 0 Å². The van der Waals surface area contributed by atoms with Crippen molar-refractivity contribution in [3.63, 3.8) is 0 Å². The van der Waals surface area contributed by atoms with E-state index in [4.69, 9.17) is 0 Å². The average molecular weight is 386 g/mol. The van der Waals surface area contributed by atoms with Crippen LogP contribution in [-0.4, -0.2) is 38.4 Å². The van der Waals surface area contributed by atoms with Crippen LogP contribution in [0.2, 0.25) is 0 Å². The summed E-state index contributed by atoms with van der Waals surface area (Å²) >= 11 is 0. The smallest absolute Gasteiger partial charge is 0.326 e. The number of pyridine rings is 1. The van der Waals surface area contributed by atoms with E-state index in [1.165, 1.54) is 0 Å². The van der Waals surface area contributed by atoms with Gasteiger partial charge in [-0.2, -0.15) is 0 Å². The fourth-order valence-corrected chi connectivity index (χ4v) is 4.34. The predicted octanol–water partition coefficient (Wildman–Crippen LogP) is 3.28. The second-order valence-electron chi connectivity index (χ2n) is 7.66. The van der Waals surface area contributed by atoms with Crippen LogP contribution in [0.25, 0.3) is 21.8 Å². The van der Waals surface area contributed by atoms with Gasteiger partial charge in [0.2, 0.25) is 5.91 Å². The quantitative estimate of drug-likeness (QED) is 0.587. The lowest BCUT2D eigenvalue weighted by atomic mass is 10.0. The van der Waals surface area contributed by atoms with E-state index < -0.39 is 0 Å². The van der Waals surface area contributed by atoms with Crippen LogP contribution in [0.3, 0.4) is 0 Å². The first-order valence-electron chi connectivity index (χ1n) is 9.99. The Bertz CT molecular complexity index is 1250. The van der Waals surface area contributed by atoms with Gasteiger partial charge >= 0.3 is 5.69 Å². The average Bonchev–Trinajstić information content (AvgIpc) is 3.09. The third-order valence-corrected chi connectivity index (χ3v) is 5.87. The molecule has 0 atom stereocenters. The molecule has 1 aliphatic heterocycles. The van der Waals surface area contributed by atoms with E-state index in [-0.39, 0.29) is 17.6 Å². The van der Waals surface area contributed by atoms with Gasteiger partial charge in [0.1, 0.15) is 0 Å². The van der Waals surface area contributed by atoms with Crippen LogP contribution in [0.4, 0.5) is 0 Å². The van der Waals surface area contributed by atoms with Crippen LogP contribution >= 0.6 is 0 Å². The zero-order valence-electron chi connectivity index (χ0n) is 16.0. The van der Waals surface area contributed by atoms with Gasteiger partial charge in [-0.3, -0.25) is 14.3 Å². The summed E-state index contributed by atoms with van der Waals surface area (Å²) < 4.78 is 1.86. The molecule has 0 saturated carbocycles. The molecule has 1 amide bonds. The number of nitrogens with zero attached hydrogens (tertiary/aromatic N) is 3. The number of aromatic nitrogens is 3. The number of aromatic amines is 1. The third-order valence-electron chi connectivity index (χ3n) is 5.87. The second kappa shape index (κ2) is 7.20. The summed E-state index contributed by atoms with van der Waals surface area (Å²) in [5.74, 6) is 0.142. The van der Waals surface area contributed by atoms with Crippen LogP contribution in [0.1, 0.15) is 24.4 Å². The summed E-state index contributed by atoms with van der Waals surface area (Å²) in [7, 11) is 0. The molecule has 6 heteroatoms. The first-order valence-corrected chi connectivity index (χ1v) is 9.99. The van der Waals surface area contributed by atoms with Crippen LogP contribution in [0, 0.1) is 0 Å². The molecule has 2 aromatic heterocycles. The van der Waals surface area contributed by atoms with Gasteiger partial charge in [-0.15, -0.1) is 0 Å². The molecule has 0 aliphatic carbocycles. The van der Waals surface area contributed by atoms with E-state index in [0.29, 0.717) is 19.5 Å². The molecule has 0 spiro atoms. The predicted molar refractivity (Wildman–Crippen MR) is 113 cm³/mol. The number of carbonyl (C=O) groups excluding carboxylic acids is 1. The first-order chi connectivity index (χ1) is 14.2. The molecular formula is C23H22N4O2. The van der Waals surface area contributed by atoms with Gasteiger partial charge in [-0.25, -0.2) is 4.79 Å². The van der Waals surface area contributed by atoms with Crippen molar-refractivity contribution in [1.82, 2.24) is 19.4 Å². The largest absolute Gasteiger partial charge is 0.342 e. The van der Waals surface area contributed by atoms with Crippen molar-refractivity contribution in [2.75, 3.05) is 13.1 Å². The highest BCUT2D eigenvalue weighted by Gasteiger charge is 2.26. The molecule has 1 N–H and O–H groups in total. The van der Waals surface area contributed by atoms with E-state index in [9.17, 15) is 9.59 Å². The number of hydrogen-bond donors (Lipinski definition) is 1. The maximum atomic E-state index is 12.8. The number of carbonyl (C=O) groups is 1. The molecule has 0 unspecified atom stereocenters. The number of hydrogen-bond acceptors (Lipinski definition) is 3. The normalized spacial score (nSPS) is 15.2. The fraction of sp³-hybridized carbons (Fsp3) is 0.261. The van der Waals surface area contributed by atoms with Gasteiger partial charge in [0.15, 0.2) is 0 Å². The topological polar surface area (TPSA) is 71.0 Å². The molecular weight excluding hydrogens is 364 g/mol. The van der Waals surface area contributed by atoms with Crippen molar-refractivity contribution in [2.24, 2.45) is 0 Å². The number of benzene rings is 2. The Hall–Kier alpha value is -3.41. The number of piperidine rings is 1. The Morgan fingerprint density at radius 2 is 1.90 bits per heavy atom. The standard InChI is InChI=1S/C23H22N4O2/c28-22(14-16-5-6-18-15-24-10-7-17(18)13-16)26-11-8-19(9-12-26)27-21-4-2-1-3-20(21)25-23(27)29/h1-7,10,13,15,19H,8-9,11-12,14H2,(H,25,29). The summed E-state index contributed by atoms with van der Waals surface area (Å²) in [5, 5.41) is 2.18. The summed E-state index contributed by atoms with van der Waals surface area (Å²) in [4.78, 5) is 34.2. The Morgan fingerprint density at radius 1 is 1.07 bits per heavy atom. The van der Waals surface area contributed by atoms with Crippen LogP contribution in [0.5, 0.6) is 0 Å². The minimum atomic E-state index is -0.0679. The number of nitrogens with one attached hydrogen (secondary N) is 1. The van der Waals surface area contributed by atoms with E-state index >= 15 is 0 Å². The van der Waals surface area contributed by atoms with Crippen molar-refractivity contribution >= 4 is 27.7 Å². The van der Waals surface area contributed by atoms with E-state index in [1.807, 2.05) is 58.1 Å². The lowest BCUT2D eigenvalue weighted by molar-refractivity contribution is -0.131. The molecule has 146 valence electrons. The van der Waals surface area contributed by atoms with Crippen molar-refractivity contribution in [2.45, 2.75) is 25.3 Å². The van der Waals surface area contributed by atoms with Gasteiger partial charge in [-0.1, -0.05) is 30.3 Å². The highest BCUT2D eigenvalue weighted by atomic mass is 16.2. The maximum absolute atomic E-state index is 12.8.